The van der Waals surface area contributed by atoms with Crippen LogP contribution in [0.15, 0.2) is 0 Å². The summed E-state index contributed by atoms with van der Waals surface area (Å²) in [6, 6.07) is 0. The van der Waals surface area contributed by atoms with Crippen LogP contribution in [0.2, 0.25) is 0 Å². The van der Waals surface area contributed by atoms with Gasteiger partial charge in [0.15, 0.2) is 0 Å². The molecule has 0 N–H and O–H groups in total. The minimum atomic E-state index is -3.21. The largest absolute Gasteiger partial charge is 0.215 e. The van der Waals surface area contributed by atoms with Gasteiger partial charge in [-0.1, -0.05) is 13.8 Å². The van der Waals surface area contributed by atoms with E-state index in [9.17, 15) is 8.42 Å². The summed E-state index contributed by atoms with van der Waals surface area (Å²) >= 11 is 0. The summed E-state index contributed by atoms with van der Waals surface area (Å²) in [4.78, 5) is 0. The summed E-state index contributed by atoms with van der Waals surface area (Å²) in [6.45, 7) is 5.07. The van der Waals surface area contributed by atoms with E-state index in [0.29, 0.717) is 13.1 Å². The third-order valence-electron chi connectivity index (χ3n) is 1.34. The fourth-order valence-electron chi connectivity index (χ4n) is 0.889. The second-order valence-corrected chi connectivity index (χ2v) is 4.19. The topological polar surface area (TPSA) is 37.4 Å². The normalized spacial score (nSPS) is 12.4. The molecule has 0 bridgehead atoms. The minimum absolute atomic E-state index is 0.583. The molecule has 0 rings (SSSR count). The molecule has 0 aromatic heterocycles. The van der Waals surface area contributed by atoms with Crippen LogP contribution < -0.4 is 0 Å². The Morgan fingerprint density at radius 3 is 1.73 bits per heavy atom. The van der Waals surface area contributed by atoms with E-state index in [1.54, 1.807) is 0 Å². The van der Waals surface area contributed by atoms with Gasteiger partial charge in [0.2, 0.25) is 10.0 Å². The predicted molar refractivity (Wildman–Crippen MR) is 46.4 cm³/mol. The lowest BCUT2D eigenvalue weighted by atomic mass is 10.4. The van der Waals surface area contributed by atoms with Gasteiger partial charge in [-0.3, -0.25) is 0 Å². The average Bonchev–Trinajstić information content (AvgIpc) is 1.85. The summed E-state index contributed by atoms with van der Waals surface area (Å²) in [7, 11) is -3.21. The Bertz CT molecular complexity index is 181. The molecule has 3 nitrogen and oxygen atoms in total. The summed E-state index contributed by atoms with van der Waals surface area (Å²) < 4.78 is 23.3. The molecule has 0 atom stereocenters. The van der Waals surface area contributed by atoms with Crippen molar-refractivity contribution in [1.29, 1.82) is 0 Å². The molecule has 0 fully saturated rings. The molecule has 0 spiro atoms. The summed E-state index contributed by atoms with van der Waals surface area (Å²) in [5, 5.41) is 0. The van der Waals surface area contributed by atoms with Gasteiger partial charge in [-0.2, -0.15) is 0 Å². The van der Waals surface area contributed by atoms with Crippen molar-refractivity contribution in [2.75, 3.05) is 13.1 Å². The standard InChI is InChI=1S/C7H16NO2S/c1-4-6-8(7-5-2)11(3,9)10/h3-7H2,1-2H3. The van der Waals surface area contributed by atoms with Gasteiger partial charge in [0.05, 0.1) is 6.26 Å². The molecule has 11 heavy (non-hydrogen) atoms. The molecule has 0 heterocycles. The van der Waals surface area contributed by atoms with Gasteiger partial charge in [0.25, 0.3) is 0 Å². The lowest BCUT2D eigenvalue weighted by molar-refractivity contribution is 0.415. The highest BCUT2D eigenvalue weighted by Crippen LogP contribution is 2.01. The van der Waals surface area contributed by atoms with Crippen molar-refractivity contribution in [1.82, 2.24) is 4.31 Å². The second kappa shape index (κ2) is 4.72. The molecule has 0 amide bonds. The number of sulfonamides is 1. The summed E-state index contributed by atoms with van der Waals surface area (Å²) in [6.07, 6.45) is 4.79. The van der Waals surface area contributed by atoms with E-state index in [2.05, 4.69) is 6.26 Å². The molecule has 0 saturated heterocycles. The van der Waals surface area contributed by atoms with E-state index < -0.39 is 10.0 Å². The van der Waals surface area contributed by atoms with E-state index >= 15 is 0 Å². The van der Waals surface area contributed by atoms with Gasteiger partial charge in [0, 0.05) is 13.1 Å². The van der Waals surface area contributed by atoms with Crippen LogP contribution in [0.1, 0.15) is 26.7 Å². The predicted octanol–water partition coefficient (Wildman–Crippen LogP) is 1.23. The van der Waals surface area contributed by atoms with Crippen molar-refractivity contribution >= 4 is 10.0 Å². The fraction of sp³-hybridized carbons (Fsp3) is 0.857. The van der Waals surface area contributed by atoms with Gasteiger partial charge < -0.3 is 0 Å². The first-order valence-corrected chi connectivity index (χ1v) is 5.46. The van der Waals surface area contributed by atoms with Crippen LogP contribution in [0.4, 0.5) is 0 Å². The molecule has 1 radical (unpaired) electrons. The molecule has 0 aliphatic heterocycles. The Kier molecular flexibility index (Phi) is 4.68. The summed E-state index contributed by atoms with van der Waals surface area (Å²) in [5.74, 6) is 0. The van der Waals surface area contributed by atoms with Crippen LogP contribution in [0.25, 0.3) is 0 Å². The monoisotopic (exact) mass is 178 g/mol. The van der Waals surface area contributed by atoms with Crippen LogP contribution in [0.3, 0.4) is 0 Å². The highest BCUT2D eigenvalue weighted by atomic mass is 32.2. The maximum Gasteiger partial charge on any atom is 0.215 e. The van der Waals surface area contributed by atoms with Crippen molar-refractivity contribution in [3.05, 3.63) is 6.26 Å². The van der Waals surface area contributed by atoms with Crippen LogP contribution >= 0.6 is 0 Å². The van der Waals surface area contributed by atoms with E-state index in [1.807, 2.05) is 13.8 Å². The van der Waals surface area contributed by atoms with E-state index in [4.69, 9.17) is 0 Å². The Hall–Kier alpha value is -0.0900. The molecular formula is C7H16NO2S. The van der Waals surface area contributed by atoms with Gasteiger partial charge in [0.1, 0.15) is 0 Å². The smallest absolute Gasteiger partial charge is 0.212 e. The highest BCUT2D eigenvalue weighted by molar-refractivity contribution is 7.90. The van der Waals surface area contributed by atoms with Crippen molar-refractivity contribution in [3.63, 3.8) is 0 Å². The first kappa shape index (κ1) is 10.9. The lowest BCUT2D eigenvalue weighted by Gasteiger charge is -2.17. The number of rotatable bonds is 5. The average molecular weight is 178 g/mol. The van der Waals surface area contributed by atoms with Crippen molar-refractivity contribution in [3.8, 4) is 0 Å². The Balaban J connectivity index is 4.11. The van der Waals surface area contributed by atoms with E-state index in [0.717, 1.165) is 12.8 Å². The summed E-state index contributed by atoms with van der Waals surface area (Å²) in [5.41, 5.74) is 0. The number of hydrogen-bond acceptors (Lipinski definition) is 2. The van der Waals surface area contributed by atoms with Crippen LogP contribution in [0.5, 0.6) is 0 Å². The highest BCUT2D eigenvalue weighted by Gasteiger charge is 2.13. The van der Waals surface area contributed by atoms with Gasteiger partial charge in [-0.15, -0.1) is 0 Å². The zero-order valence-electron chi connectivity index (χ0n) is 7.21. The zero-order chi connectivity index (χ0) is 8.91. The third-order valence-corrected chi connectivity index (χ3v) is 2.49. The second-order valence-electron chi connectivity index (χ2n) is 2.51. The van der Waals surface area contributed by atoms with Crippen LogP contribution in [-0.4, -0.2) is 25.8 Å². The van der Waals surface area contributed by atoms with Crippen LogP contribution in [0, 0.1) is 6.26 Å². The molecule has 67 valence electrons. The first-order chi connectivity index (χ1) is 5.02. The molecular weight excluding hydrogens is 162 g/mol. The Morgan fingerprint density at radius 2 is 1.55 bits per heavy atom. The first-order valence-electron chi connectivity index (χ1n) is 3.85. The van der Waals surface area contributed by atoms with Gasteiger partial charge in [-0.25, -0.2) is 12.7 Å². The Morgan fingerprint density at radius 1 is 1.18 bits per heavy atom. The lowest BCUT2D eigenvalue weighted by Crippen LogP contribution is -2.30. The van der Waals surface area contributed by atoms with Gasteiger partial charge in [-0.05, 0) is 12.8 Å². The molecule has 0 saturated carbocycles. The SMILES string of the molecule is [CH2]S(=O)(=O)N(CCC)CCC. The minimum Gasteiger partial charge on any atom is -0.212 e. The molecule has 4 heteroatoms. The van der Waals surface area contributed by atoms with Gasteiger partial charge >= 0.3 is 0 Å². The molecule has 0 aromatic carbocycles. The Labute approximate surface area is 69.4 Å². The van der Waals surface area contributed by atoms with Crippen molar-refractivity contribution in [2.45, 2.75) is 26.7 Å². The van der Waals surface area contributed by atoms with E-state index in [-0.39, 0.29) is 0 Å². The fourth-order valence-corrected chi connectivity index (χ4v) is 1.81. The van der Waals surface area contributed by atoms with Crippen molar-refractivity contribution < 1.29 is 8.42 Å². The zero-order valence-corrected chi connectivity index (χ0v) is 8.02. The van der Waals surface area contributed by atoms with Crippen LogP contribution in [-0.2, 0) is 10.0 Å². The molecule has 0 unspecified atom stereocenters. The number of hydrogen-bond donors (Lipinski definition) is 0. The maximum atomic E-state index is 10.9. The molecule has 0 aromatic rings. The quantitative estimate of drug-likeness (QED) is 0.635. The third kappa shape index (κ3) is 4.37. The van der Waals surface area contributed by atoms with Crippen molar-refractivity contribution in [2.24, 2.45) is 0 Å². The number of nitrogens with zero attached hydrogens (tertiary/aromatic N) is 1. The maximum absolute atomic E-state index is 10.9. The molecule has 0 aliphatic carbocycles. The van der Waals surface area contributed by atoms with E-state index in [1.165, 1.54) is 4.31 Å². The molecule has 0 aliphatic rings.